The molecule has 0 unspecified atom stereocenters. The summed E-state index contributed by atoms with van der Waals surface area (Å²) >= 11 is 0. The van der Waals surface area contributed by atoms with Gasteiger partial charge in [-0.3, -0.25) is 58.3 Å². The van der Waals surface area contributed by atoms with Crippen molar-refractivity contribution in [3.05, 3.63) is 102 Å². The number of hydrogen-bond donors (Lipinski definition) is 17. The monoisotopic (exact) mass is 1180 g/mol. The van der Waals surface area contributed by atoms with Crippen molar-refractivity contribution in [1.29, 1.82) is 0 Å². The van der Waals surface area contributed by atoms with Crippen LogP contribution in [0.1, 0.15) is 81.9 Å². The predicted molar refractivity (Wildman–Crippen MR) is 322 cm³/mol. The Bertz CT molecular complexity index is 2800. The van der Waals surface area contributed by atoms with Crippen molar-refractivity contribution in [2.75, 3.05) is 26.2 Å². The summed E-state index contributed by atoms with van der Waals surface area (Å²) in [5, 5.41) is 32.2. The molecule has 29 nitrogen and oxygen atoms in total. The lowest BCUT2D eigenvalue weighted by Gasteiger charge is -2.30. The molecular formula is C56H84N20O9. The minimum absolute atomic E-state index is 0.0166. The van der Waals surface area contributed by atoms with E-state index in [-0.39, 0.29) is 126 Å². The Morgan fingerprint density at radius 3 is 0.894 bits per heavy atom. The molecule has 1 heterocycles. The largest absolute Gasteiger partial charge is 0.508 e. The SMILES string of the molecule is CC(C)[C@@H]1NC(=O)[C@H](Cc2ccccc2)NC(=O)[C@H](CCCN=C(N)N)NC(=O)[C@H](CCCN=C(N)N)NC(=O)[C@H](Cc2ccccc2)NC(=O)[C@H](CCCN=C(N)N)NC(=O)[C@H](CCCN=C(N)N)NC(=O)[C@H](Cc2ccc(O)cc2)NC1=O. The first-order valence-corrected chi connectivity index (χ1v) is 28.0. The number of guanidine groups is 4. The number of phenolic OH excluding ortho intramolecular Hbond substituents is 1. The molecular weight excluding hydrogens is 1100 g/mol. The third-order valence-electron chi connectivity index (χ3n) is 13.4. The van der Waals surface area contributed by atoms with Gasteiger partial charge >= 0.3 is 0 Å². The van der Waals surface area contributed by atoms with Crippen molar-refractivity contribution in [3.8, 4) is 5.75 Å². The Labute approximate surface area is 493 Å². The summed E-state index contributed by atoms with van der Waals surface area (Å²) in [6.07, 6.45) is -0.352. The smallest absolute Gasteiger partial charge is 0.243 e. The maximum absolute atomic E-state index is 14.8. The van der Waals surface area contributed by atoms with Gasteiger partial charge < -0.3 is 93.5 Å². The Balaban J connectivity index is 1.95. The van der Waals surface area contributed by atoms with E-state index < -0.39 is 102 Å². The average Bonchev–Trinajstić information content (AvgIpc) is 3.55. The summed E-state index contributed by atoms with van der Waals surface area (Å²) in [5.74, 6) is -8.39. The average molecular weight is 1180 g/mol. The second-order valence-electron chi connectivity index (χ2n) is 20.7. The molecule has 0 bridgehead atoms. The summed E-state index contributed by atoms with van der Waals surface area (Å²) < 4.78 is 0. The zero-order chi connectivity index (χ0) is 62.4. The topological polar surface area (TPSA) is 511 Å². The van der Waals surface area contributed by atoms with Crippen LogP contribution in [0.25, 0.3) is 0 Å². The minimum Gasteiger partial charge on any atom is -0.508 e. The summed E-state index contributed by atoms with van der Waals surface area (Å²) in [5.41, 5.74) is 46.5. The lowest BCUT2D eigenvalue weighted by molar-refractivity contribution is -0.137. The molecule has 85 heavy (non-hydrogen) atoms. The first-order valence-electron chi connectivity index (χ1n) is 28.0. The molecule has 29 heteroatoms. The van der Waals surface area contributed by atoms with Gasteiger partial charge in [0.25, 0.3) is 0 Å². The van der Waals surface area contributed by atoms with Crippen LogP contribution in [-0.4, -0.2) is 151 Å². The van der Waals surface area contributed by atoms with E-state index in [1.165, 1.54) is 24.3 Å². The number of nitrogens with one attached hydrogen (secondary N) is 8. The molecule has 1 saturated heterocycles. The third-order valence-corrected chi connectivity index (χ3v) is 13.4. The number of benzene rings is 3. The van der Waals surface area contributed by atoms with Crippen molar-refractivity contribution < 1.29 is 43.5 Å². The number of carbonyl (C=O) groups excluding carboxylic acids is 8. The minimum atomic E-state index is -1.46. The highest BCUT2D eigenvalue weighted by molar-refractivity contribution is 5.99. The van der Waals surface area contributed by atoms with Crippen LogP contribution in [0.5, 0.6) is 5.75 Å². The molecule has 3 aromatic carbocycles. The van der Waals surface area contributed by atoms with Crippen LogP contribution < -0.4 is 88.4 Å². The van der Waals surface area contributed by atoms with Crippen molar-refractivity contribution in [3.63, 3.8) is 0 Å². The van der Waals surface area contributed by atoms with Gasteiger partial charge in [-0.25, -0.2) is 0 Å². The van der Waals surface area contributed by atoms with Crippen molar-refractivity contribution in [1.82, 2.24) is 42.5 Å². The lowest BCUT2D eigenvalue weighted by atomic mass is 9.99. The normalized spacial score (nSPS) is 21.4. The van der Waals surface area contributed by atoms with E-state index in [0.29, 0.717) is 16.7 Å². The Morgan fingerprint density at radius 2 is 0.612 bits per heavy atom. The van der Waals surface area contributed by atoms with Gasteiger partial charge in [0.1, 0.15) is 54.1 Å². The summed E-state index contributed by atoms with van der Waals surface area (Å²) in [4.78, 5) is 134. The lowest BCUT2D eigenvalue weighted by Crippen LogP contribution is -2.62. The molecule has 1 aliphatic rings. The van der Waals surface area contributed by atoms with Crippen molar-refractivity contribution >= 4 is 71.1 Å². The molecule has 4 rings (SSSR count). The molecule has 0 aromatic heterocycles. The van der Waals surface area contributed by atoms with Gasteiger partial charge in [0.15, 0.2) is 23.8 Å². The fourth-order valence-corrected chi connectivity index (χ4v) is 8.97. The maximum atomic E-state index is 14.8. The molecule has 8 atom stereocenters. The zero-order valence-corrected chi connectivity index (χ0v) is 48.0. The van der Waals surface area contributed by atoms with Gasteiger partial charge in [0.05, 0.1) is 0 Å². The van der Waals surface area contributed by atoms with E-state index in [0.717, 1.165) is 0 Å². The van der Waals surface area contributed by atoms with E-state index >= 15 is 0 Å². The Hall–Kier alpha value is -9.70. The van der Waals surface area contributed by atoms with Crippen LogP contribution in [0.4, 0.5) is 0 Å². The van der Waals surface area contributed by atoms with Gasteiger partial charge in [-0.1, -0.05) is 86.6 Å². The molecule has 1 fully saturated rings. The van der Waals surface area contributed by atoms with Gasteiger partial charge in [0, 0.05) is 45.4 Å². The highest BCUT2D eigenvalue weighted by Crippen LogP contribution is 2.16. The molecule has 0 saturated carbocycles. The number of nitrogens with two attached hydrogens (primary N) is 8. The summed E-state index contributed by atoms with van der Waals surface area (Å²) in [6.45, 7) is 3.39. The molecule has 0 aliphatic carbocycles. The number of amides is 8. The molecule has 3 aromatic rings. The number of phenols is 1. The van der Waals surface area contributed by atoms with Crippen LogP contribution in [0.15, 0.2) is 105 Å². The molecule has 8 amide bonds. The van der Waals surface area contributed by atoms with Gasteiger partial charge in [-0.05, 0) is 86.1 Å². The first-order chi connectivity index (χ1) is 40.5. The standard InChI is InChI=1S/C56H84N20O9/c1-32(2)44-52(85)75-42(31-35-21-23-36(77)24-22-35)50(83)72-38(18-10-26-66-54(59)60)46(79)69-39(19-11-27-67-55(61)62)47(80)73-41(29-33-13-5-3-6-14-33)49(82)71-37(17-9-25-65-53(57)58)45(78)70-40(20-12-28-68-56(63)64)48(81)74-43(51(84)76-44)30-34-15-7-4-8-16-34/h3-8,13-16,21-24,32,37-44,77H,9-12,17-20,25-31H2,1-2H3,(H,69,79)(H,70,78)(H,71,82)(H,72,83)(H,73,80)(H,74,81)(H,75,85)(H,76,84)(H4,57,58,65)(H4,59,60,66)(H4,61,62,67)(H4,63,64,68)/t37-,38-,39-,40-,41-,42-,43-,44-/m0/s1. The molecule has 462 valence electrons. The molecule has 0 radical (unpaired) electrons. The van der Waals surface area contributed by atoms with Crippen LogP contribution >= 0.6 is 0 Å². The number of aliphatic imine (C=N–C) groups is 4. The quantitative estimate of drug-likeness (QED) is 0.0246. The Morgan fingerprint density at radius 1 is 0.365 bits per heavy atom. The number of carbonyl (C=O) groups is 8. The van der Waals surface area contributed by atoms with E-state index in [1.807, 2.05) is 0 Å². The third kappa shape index (κ3) is 25.1. The predicted octanol–water partition coefficient (Wildman–Crippen LogP) is -3.82. The maximum Gasteiger partial charge on any atom is 0.243 e. The fourth-order valence-electron chi connectivity index (χ4n) is 8.97. The van der Waals surface area contributed by atoms with E-state index in [9.17, 15) is 43.5 Å². The number of rotatable bonds is 23. The number of nitrogens with zero attached hydrogens (tertiary/aromatic N) is 4. The van der Waals surface area contributed by atoms with Gasteiger partial charge in [-0.15, -0.1) is 0 Å². The highest BCUT2D eigenvalue weighted by Gasteiger charge is 2.37. The fraction of sp³-hybridized carbons (Fsp3) is 0.464. The Kier molecular flexibility index (Phi) is 28.2. The van der Waals surface area contributed by atoms with Crippen molar-refractivity contribution in [2.45, 2.75) is 133 Å². The molecule has 25 N–H and O–H groups in total. The molecule has 0 spiro atoms. The van der Waals surface area contributed by atoms with E-state index in [1.54, 1.807) is 74.5 Å². The second-order valence-corrected chi connectivity index (χ2v) is 20.7. The number of hydrogen-bond acceptors (Lipinski definition) is 13. The summed E-state index contributed by atoms with van der Waals surface area (Å²) in [6, 6.07) is 11.8. The summed E-state index contributed by atoms with van der Waals surface area (Å²) in [7, 11) is 0. The van der Waals surface area contributed by atoms with Crippen LogP contribution in [0, 0.1) is 5.92 Å². The highest BCUT2D eigenvalue weighted by atomic mass is 16.3. The zero-order valence-electron chi connectivity index (χ0n) is 48.0. The van der Waals surface area contributed by atoms with E-state index in [2.05, 4.69) is 62.5 Å². The van der Waals surface area contributed by atoms with Crippen LogP contribution in [0.2, 0.25) is 0 Å². The van der Waals surface area contributed by atoms with E-state index in [4.69, 9.17) is 45.9 Å². The number of aromatic hydroxyl groups is 1. The molecule has 1 aliphatic heterocycles. The van der Waals surface area contributed by atoms with Gasteiger partial charge in [0.2, 0.25) is 47.3 Å². The first kappa shape index (κ1) is 67.8. The van der Waals surface area contributed by atoms with Crippen molar-refractivity contribution in [2.24, 2.45) is 71.8 Å². The van der Waals surface area contributed by atoms with Crippen LogP contribution in [0.3, 0.4) is 0 Å². The second kappa shape index (κ2) is 35.3. The van der Waals surface area contributed by atoms with Crippen LogP contribution in [-0.2, 0) is 57.6 Å². The van der Waals surface area contributed by atoms with Gasteiger partial charge in [-0.2, -0.15) is 0 Å².